The van der Waals surface area contributed by atoms with Crippen molar-refractivity contribution >= 4 is 23.2 Å². The lowest BCUT2D eigenvalue weighted by molar-refractivity contribution is 0.0951. The molecule has 2 aromatic rings. The average molecular weight is 331 g/mol. The van der Waals surface area contributed by atoms with Crippen molar-refractivity contribution < 1.29 is 9.59 Å². The number of nitrogens with zero attached hydrogens (tertiary/aromatic N) is 1. The number of nitrogens with one attached hydrogen (secondary N) is 2. The van der Waals surface area contributed by atoms with Crippen LogP contribution in [0.15, 0.2) is 24.3 Å². The summed E-state index contributed by atoms with van der Waals surface area (Å²) in [5.74, 6) is -0.256. The van der Waals surface area contributed by atoms with Crippen molar-refractivity contribution in [3.05, 3.63) is 51.0 Å². The highest BCUT2D eigenvalue weighted by atomic mass is 32.1. The van der Waals surface area contributed by atoms with Crippen LogP contribution in [0.4, 0.5) is 0 Å². The Morgan fingerprint density at radius 1 is 1.26 bits per heavy atom. The highest BCUT2D eigenvalue weighted by molar-refractivity contribution is 7.13. The smallest absolute Gasteiger partial charge is 0.263 e. The summed E-state index contributed by atoms with van der Waals surface area (Å²) in [6.45, 7) is 4.33. The van der Waals surface area contributed by atoms with E-state index in [9.17, 15) is 9.59 Å². The molecular weight excluding hydrogens is 310 g/mol. The molecule has 0 aliphatic carbocycles. The van der Waals surface area contributed by atoms with E-state index in [1.807, 2.05) is 19.1 Å². The number of carbonyl (C=O) groups excluding carboxylic acids is 2. The van der Waals surface area contributed by atoms with Crippen LogP contribution in [0.1, 0.15) is 49.6 Å². The van der Waals surface area contributed by atoms with E-state index in [-0.39, 0.29) is 11.8 Å². The molecule has 0 saturated carbocycles. The van der Waals surface area contributed by atoms with E-state index in [0.29, 0.717) is 17.0 Å². The van der Waals surface area contributed by atoms with E-state index in [0.717, 1.165) is 29.1 Å². The first-order chi connectivity index (χ1) is 11.0. The number of amides is 2. The lowest BCUT2D eigenvalue weighted by atomic mass is 10.1. The third kappa shape index (κ3) is 4.39. The summed E-state index contributed by atoms with van der Waals surface area (Å²) in [5, 5.41) is 6.48. The molecule has 2 rings (SSSR count). The normalized spacial score (nSPS) is 10.4. The molecule has 0 atom stereocenters. The van der Waals surface area contributed by atoms with Gasteiger partial charge in [-0.05, 0) is 37.5 Å². The van der Waals surface area contributed by atoms with Gasteiger partial charge in [0.2, 0.25) is 0 Å². The number of aryl methyl sites for hydroxylation is 2. The maximum atomic E-state index is 12.3. The van der Waals surface area contributed by atoms with Crippen LogP contribution in [0, 0.1) is 6.92 Å². The van der Waals surface area contributed by atoms with Crippen LogP contribution in [0.2, 0.25) is 0 Å². The summed E-state index contributed by atoms with van der Waals surface area (Å²) < 4.78 is 0. The molecule has 122 valence electrons. The summed E-state index contributed by atoms with van der Waals surface area (Å²) in [6, 6.07) is 7.22. The molecule has 5 nitrogen and oxygen atoms in total. The van der Waals surface area contributed by atoms with Gasteiger partial charge in [-0.15, -0.1) is 11.3 Å². The van der Waals surface area contributed by atoms with Gasteiger partial charge in [0.25, 0.3) is 11.8 Å². The zero-order chi connectivity index (χ0) is 16.8. The number of carbonyl (C=O) groups is 2. The first-order valence-electron chi connectivity index (χ1n) is 7.60. The first kappa shape index (κ1) is 17.1. The molecule has 2 N–H and O–H groups in total. The number of benzene rings is 1. The average Bonchev–Trinajstić information content (AvgIpc) is 2.93. The van der Waals surface area contributed by atoms with Crippen LogP contribution in [0.25, 0.3) is 0 Å². The summed E-state index contributed by atoms with van der Waals surface area (Å²) in [7, 11) is 1.59. The molecule has 0 aliphatic heterocycles. The number of hydrogen-bond acceptors (Lipinski definition) is 4. The molecule has 2 amide bonds. The van der Waals surface area contributed by atoms with Crippen molar-refractivity contribution in [2.75, 3.05) is 7.05 Å². The van der Waals surface area contributed by atoms with Crippen LogP contribution >= 0.6 is 11.3 Å². The second-order valence-electron chi connectivity index (χ2n) is 5.23. The highest BCUT2D eigenvalue weighted by Gasteiger charge is 2.14. The summed E-state index contributed by atoms with van der Waals surface area (Å²) in [4.78, 5) is 29.0. The van der Waals surface area contributed by atoms with Crippen LogP contribution < -0.4 is 10.6 Å². The van der Waals surface area contributed by atoms with E-state index in [4.69, 9.17) is 0 Å². The van der Waals surface area contributed by atoms with Gasteiger partial charge >= 0.3 is 0 Å². The van der Waals surface area contributed by atoms with Crippen molar-refractivity contribution in [3.8, 4) is 0 Å². The third-order valence-electron chi connectivity index (χ3n) is 3.38. The number of thiazole rings is 1. The highest BCUT2D eigenvalue weighted by Crippen LogP contribution is 2.19. The second kappa shape index (κ2) is 7.87. The second-order valence-corrected chi connectivity index (χ2v) is 6.32. The molecule has 1 aromatic heterocycles. The molecular formula is C17H21N3O2S. The minimum Gasteiger partial charge on any atom is -0.355 e. The van der Waals surface area contributed by atoms with Crippen LogP contribution in [-0.2, 0) is 13.0 Å². The molecule has 1 aromatic carbocycles. The quantitative estimate of drug-likeness (QED) is 0.855. The molecule has 23 heavy (non-hydrogen) atoms. The van der Waals surface area contributed by atoms with Crippen molar-refractivity contribution in [2.45, 2.75) is 33.2 Å². The Hall–Kier alpha value is -2.21. The Morgan fingerprint density at radius 2 is 2.04 bits per heavy atom. The Morgan fingerprint density at radius 3 is 2.74 bits per heavy atom. The summed E-state index contributed by atoms with van der Waals surface area (Å²) >= 11 is 1.45. The van der Waals surface area contributed by atoms with Gasteiger partial charge in [0, 0.05) is 19.2 Å². The molecule has 0 saturated heterocycles. The Kier molecular flexibility index (Phi) is 5.87. The van der Waals surface area contributed by atoms with Gasteiger partial charge < -0.3 is 10.6 Å². The zero-order valence-corrected chi connectivity index (χ0v) is 14.4. The molecule has 0 unspecified atom stereocenters. The standard InChI is InChI=1S/C17H21N3O2S/c1-4-6-14-20-11(2)15(23-14)17(22)19-10-12-7-5-8-13(9-12)16(21)18-3/h5,7-9H,4,6,10H2,1-3H3,(H,18,21)(H,19,22). The number of hydrogen-bond donors (Lipinski definition) is 2. The van der Waals surface area contributed by atoms with Crippen molar-refractivity contribution in [1.29, 1.82) is 0 Å². The van der Waals surface area contributed by atoms with Crippen molar-refractivity contribution in [2.24, 2.45) is 0 Å². The van der Waals surface area contributed by atoms with Gasteiger partial charge in [-0.25, -0.2) is 4.98 Å². The van der Waals surface area contributed by atoms with E-state index >= 15 is 0 Å². The molecule has 1 heterocycles. The minimum absolute atomic E-state index is 0.118. The summed E-state index contributed by atoms with van der Waals surface area (Å²) in [6.07, 6.45) is 1.91. The van der Waals surface area contributed by atoms with E-state index in [1.165, 1.54) is 11.3 Å². The number of aromatic nitrogens is 1. The van der Waals surface area contributed by atoms with Crippen LogP contribution in [0.3, 0.4) is 0 Å². The molecule has 6 heteroatoms. The Bertz CT molecular complexity index is 710. The fourth-order valence-electron chi connectivity index (χ4n) is 2.21. The van der Waals surface area contributed by atoms with Crippen molar-refractivity contribution in [3.63, 3.8) is 0 Å². The molecule has 0 spiro atoms. The largest absolute Gasteiger partial charge is 0.355 e. The van der Waals surface area contributed by atoms with E-state index < -0.39 is 0 Å². The lowest BCUT2D eigenvalue weighted by Gasteiger charge is -2.06. The predicted molar refractivity (Wildman–Crippen MR) is 91.8 cm³/mol. The van der Waals surface area contributed by atoms with Gasteiger partial charge in [-0.2, -0.15) is 0 Å². The Labute approximate surface area is 140 Å². The van der Waals surface area contributed by atoms with Crippen LogP contribution in [-0.4, -0.2) is 23.8 Å². The molecule has 0 fully saturated rings. The molecule has 0 radical (unpaired) electrons. The maximum absolute atomic E-state index is 12.3. The van der Waals surface area contributed by atoms with E-state index in [1.54, 1.807) is 19.2 Å². The number of rotatable bonds is 6. The van der Waals surface area contributed by atoms with Gasteiger partial charge in [-0.3, -0.25) is 9.59 Å². The third-order valence-corrected chi connectivity index (χ3v) is 4.60. The lowest BCUT2D eigenvalue weighted by Crippen LogP contribution is -2.23. The van der Waals surface area contributed by atoms with E-state index in [2.05, 4.69) is 22.5 Å². The topological polar surface area (TPSA) is 71.1 Å². The van der Waals surface area contributed by atoms with Gasteiger partial charge in [0.15, 0.2) is 0 Å². The molecule has 0 aliphatic rings. The summed E-state index contributed by atoms with van der Waals surface area (Å²) in [5.41, 5.74) is 2.24. The SMILES string of the molecule is CCCc1nc(C)c(C(=O)NCc2cccc(C(=O)NC)c2)s1. The van der Waals surface area contributed by atoms with Gasteiger partial charge in [0.05, 0.1) is 10.7 Å². The minimum atomic E-state index is -0.138. The maximum Gasteiger partial charge on any atom is 0.263 e. The predicted octanol–water partition coefficient (Wildman–Crippen LogP) is 2.69. The van der Waals surface area contributed by atoms with Gasteiger partial charge in [0.1, 0.15) is 4.88 Å². The van der Waals surface area contributed by atoms with Crippen LogP contribution in [0.5, 0.6) is 0 Å². The molecule has 0 bridgehead atoms. The first-order valence-corrected chi connectivity index (χ1v) is 8.42. The Balaban J connectivity index is 2.03. The van der Waals surface area contributed by atoms with Gasteiger partial charge in [-0.1, -0.05) is 19.1 Å². The fraction of sp³-hybridized carbons (Fsp3) is 0.353. The monoisotopic (exact) mass is 331 g/mol. The zero-order valence-electron chi connectivity index (χ0n) is 13.6. The van der Waals surface area contributed by atoms with Crippen molar-refractivity contribution in [1.82, 2.24) is 15.6 Å². The fourth-order valence-corrected chi connectivity index (χ4v) is 3.30.